The largest absolute Gasteiger partial charge is 0.444 e. The quantitative estimate of drug-likeness (QED) is 0.833. The number of likely N-dealkylation sites (tertiary alicyclic amines) is 1. The maximum Gasteiger partial charge on any atom is 0.410 e. The molecule has 1 aliphatic heterocycles. The molecule has 25 heavy (non-hydrogen) atoms. The molecule has 7 heteroatoms. The van der Waals surface area contributed by atoms with Gasteiger partial charge in [0.1, 0.15) is 22.6 Å². The van der Waals surface area contributed by atoms with E-state index in [0.717, 1.165) is 42.2 Å². The van der Waals surface area contributed by atoms with Crippen molar-refractivity contribution in [3.63, 3.8) is 0 Å². The molecule has 0 saturated carbocycles. The molecule has 1 amide bonds. The number of hydrogen-bond acceptors (Lipinski definition) is 6. The van der Waals surface area contributed by atoms with Crippen LogP contribution < -0.4 is 0 Å². The van der Waals surface area contributed by atoms with E-state index < -0.39 is 5.60 Å². The number of carbonyl (C=O) groups excluding carboxylic acids is 1. The topological polar surface area (TPSA) is 68.2 Å². The molecule has 0 aromatic carbocycles. The first kappa shape index (κ1) is 17.8. The molecule has 2 aromatic heterocycles. The van der Waals surface area contributed by atoms with Crippen molar-refractivity contribution in [3.8, 4) is 10.7 Å². The van der Waals surface area contributed by atoms with Crippen LogP contribution in [0.2, 0.25) is 0 Å². The van der Waals surface area contributed by atoms with E-state index in [-0.39, 0.29) is 6.09 Å². The van der Waals surface area contributed by atoms with Crippen LogP contribution in [0.25, 0.3) is 10.7 Å². The van der Waals surface area contributed by atoms with Crippen LogP contribution in [0.5, 0.6) is 0 Å². The first-order valence-electron chi connectivity index (χ1n) is 8.59. The van der Waals surface area contributed by atoms with Gasteiger partial charge >= 0.3 is 6.09 Å². The van der Waals surface area contributed by atoms with E-state index in [2.05, 4.69) is 15.0 Å². The standard InChI is InChI=1S/C18H24N4O2S/c1-18(2,3)24-17(23)22-7-4-5-13(11-22)9-14-10-15(21-12-20-14)16-19-6-8-25-16/h6,8,10,12-13H,4-5,7,9,11H2,1-3H3. The minimum absolute atomic E-state index is 0.219. The Morgan fingerprint density at radius 3 is 2.92 bits per heavy atom. The van der Waals surface area contributed by atoms with Gasteiger partial charge in [0.15, 0.2) is 0 Å². The minimum atomic E-state index is -0.459. The van der Waals surface area contributed by atoms with Crippen LogP contribution in [0.15, 0.2) is 24.0 Å². The highest BCUT2D eigenvalue weighted by atomic mass is 32.1. The second-order valence-electron chi connectivity index (χ2n) is 7.37. The lowest BCUT2D eigenvalue weighted by Gasteiger charge is -2.34. The van der Waals surface area contributed by atoms with Crippen molar-refractivity contribution in [1.82, 2.24) is 19.9 Å². The van der Waals surface area contributed by atoms with Crippen LogP contribution in [0, 0.1) is 5.92 Å². The Balaban J connectivity index is 1.63. The Morgan fingerprint density at radius 2 is 2.20 bits per heavy atom. The van der Waals surface area contributed by atoms with Crippen LogP contribution in [0.3, 0.4) is 0 Å². The van der Waals surface area contributed by atoms with Gasteiger partial charge in [0.05, 0.1) is 0 Å². The molecule has 2 aromatic rings. The summed E-state index contributed by atoms with van der Waals surface area (Å²) in [6.07, 6.45) is 6.08. The summed E-state index contributed by atoms with van der Waals surface area (Å²) in [4.78, 5) is 27.1. The van der Waals surface area contributed by atoms with Crippen LogP contribution >= 0.6 is 11.3 Å². The highest BCUT2D eigenvalue weighted by Crippen LogP contribution is 2.24. The number of nitrogens with zero attached hydrogens (tertiary/aromatic N) is 4. The number of piperidine rings is 1. The molecule has 0 bridgehead atoms. The summed E-state index contributed by atoms with van der Waals surface area (Å²) >= 11 is 1.57. The van der Waals surface area contributed by atoms with Crippen molar-refractivity contribution >= 4 is 17.4 Å². The summed E-state index contributed by atoms with van der Waals surface area (Å²) in [5.41, 5.74) is 1.40. The molecule has 1 saturated heterocycles. The maximum atomic E-state index is 12.3. The molecule has 0 aliphatic carbocycles. The highest BCUT2D eigenvalue weighted by molar-refractivity contribution is 7.13. The van der Waals surface area contributed by atoms with Gasteiger partial charge in [-0.05, 0) is 52.0 Å². The Hall–Kier alpha value is -2.02. The summed E-state index contributed by atoms with van der Waals surface area (Å²) < 4.78 is 5.50. The Labute approximate surface area is 152 Å². The minimum Gasteiger partial charge on any atom is -0.444 e. The van der Waals surface area contributed by atoms with Gasteiger partial charge in [0, 0.05) is 30.4 Å². The van der Waals surface area contributed by atoms with Gasteiger partial charge in [0.2, 0.25) is 0 Å². The normalized spacial score (nSPS) is 18.2. The van der Waals surface area contributed by atoms with Crippen LogP contribution in [0.1, 0.15) is 39.3 Å². The SMILES string of the molecule is CC(C)(C)OC(=O)N1CCCC(Cc2cc(-c3nccs3)ncn2)C1. The fourth-order valence-electron chi connectivity index (χ4n) is 3.00. The summed E-state index contributed by atoms with van der Waals surface area (Å²) in [5.74, 6) is 0.389. The zero-order valence-electron chi connectivity index (χ0n) is 14.9. The molecule has 3 rings (SSSR count). The Kier molecular flexibility index (Phi) is 5.32. The lowest BCUT2D eigenvalue weighted by molar-refractivity contribution is 0.0165. The third kappa shape index (κ3) is 4.98. The molecule has 1 unspecified atom stereocenters. The zero-order valence-corrected chi connectivity index (χ0v) is 15.8. The van der Waals surface area contributed by atoms with E-state index in [0.29, 0.717) is 12.5 Å². The van der Waals surface area contributed by atoms with Gasteiger partial charge in [-0.25, -0.2) is 19.7 Å². The zero-order chi connectivity index (χ0) is 17.9. The summed E-state index contributed by atoms with van der Waals surface area (Å²) in [6, 6.07) is 2.01. The third-order valence-electron chi connectivity index (χ3n) is 4.04. The van der Waals surface area contributed by atoms with Gasteiger partial charge in [0.25, 0.3) is 0 Å². The molecular formula is C18H24N4O2S. The van der Waals surface area contributed by atoms with Crippen molar-refractivity contribution in [2.45, 2.75) is 45.6 Å². The average Bonchev–Trinajstić information content (AvgIpc) is 3.08. The van der Waals surface area contributed by atoms with E-state index >= 15 is 0 Å². The first-order valence-corrected chi connectivity index (χ1v) is 9.47. The van der Waals surface area contributed by atoms with E-state index in [9.17, 15) is 4.79 Å². The van der Waals surface area contributed by atoms with E-state index in [1.165, 1.54) is 0 Å². The smallest absolute Gasteiger partial charge is 0.410 e. The number of rotatable bonds is 3. The van der Waals surface area contributed by atoms with E-state index in [1.807, 2.05) is 37.1 Å². The number of aromatic nitrogens is 3. The van der Waals surface area contributed by atoms with Gasteiger partial charge in [-0.15, -0.1) is 11.3 Å². The van der Waals surface area contributed by atoms with Crippen molar-refractivity contribution in [1.29, 1.82) is 0 Å². The van der Waals surface area contributed by atoms with Gasteiger partial charge in [-0.1, -0.05) is 0 Å². The van der Waals surface area contributed by atoms with Gasteiger partial charge in [-0.2, -0.15) is 0 Å². The first-order chi connectivity index (χ1) is 11.9. The molecule has 1 atom stereocenters. The average molecular weight is 360 g/mol. The van der Waals surface area contributed by atoms with Crippen LogP contribution in [-0.2, 0) is 11.2 Å². The molecule has 6 nitrogen and oxygen atoms in total. The van der Waals surface area contributed by atoms with Crippen molar-refractivity contribution < 1.29 is 9.53 Å². The molecule has 0 N–H and O–H groups in total. The maximum absolute atomic E-state index is 12.3. The molecule has 134 valence electrons. The summed E-state index contributed by atoms with van der Waals surface area (Å²) in [7, 11) is 0. The highest BCUT2D eigenvalue weighted by Gasteiger charge is 2.28. The third-order valence-corrected chi connectivity index (χ3v) is 4.84. The predicted molar refractivity (Wildman–Crippen MR) is 97.4 cm³/mol. The number of amides is 1. The van der Waals surface area contributed by atoms with Crippen molar-refractivity contribution in [2.75, 3.05) is 13.1 Å². The lowest BCUT2D eigenvalue weighted by atomic mass is 9.93. The molecule has 0 radical (unpaired) electrons. The summed E-state index contributed by atoms with van der Waals surface area (Å²) in [6.45, 7) is 7.17. The molecule has 0 spiro atoms. The second kappa shape index (κ2) is 7.47. The lowest BCUT2D eigenvalue weighted by Crippen LogP contribution is -2.43. The Bertz CT molecular complexity index is 712. The Morgan fingerprint density at radius 1 is 1.36 bits per heavy atom. The number of ether oxygens (including phenoxy) is 1. The van der Waals surface area contributed by atoms with Gasteiger partial charge in [-0.3, -0.25) is 0 Å². The van der Waals surface area contributed by atoms with Gasteiger partial charge < -0.3 is 9.64 Å². The second-order valence-corrected chi connectivity index (χ2v) is 8.27. The monoisotopic (exact) mass is 360 g/mol. The number of thiazole rings is 1. The fraction of sp³-hybridized carbons (Fsp3) is 0.556. The van der Waals surface area contributed by atoms with Crippen LogP contribution in [-0.4, -0.2) is 44.6 Å². The molecule has 1 aliphatic rings. The summed E-state index contributed by atoms with van der Waals surface area (Å²) in [5, 5.41) is 2.85. The number of hydrogen-bond donors (Lipinski definition) is 0. The molecule has 1 fully saturated rings. The van der Waals surface area contributed by atoms with E-state index in [4.69, 9.17) is 4.74 Å². The van der Waals surface area contributed by atoms with Crippen molar-refractivity contribution in [3.05, 3.63) is 29.7 Å². The van der Waals surface area contributed by atoms with Crippen molar-refractivity contribution in [2.24, 2.45) is 5.92 Å². The predicted octanol–water partition coefficient (Wildman–Crippen LogP) is 3.79. The number of carbonyl (C=O) groups is 1. The van der Waals surface area contributed by atoms with Crippen LogP contribution in [0.4, 0.5) is 4.79 Å². The fourth-order valence-corrected chi connectivity index (χ4v) is 3.60. The molecule has 3 heterocycles. The molecular weight excluding hydrogens is 336 g/mol. The van der Waals surface area contributed by atoms with E-state index in [1.54, 1.807) is 23.9 Å².